The molecule has 1 aromatic carbocycles. The molecule has 0 bridgehead atoms. The van der Waals surface area contributed by atoms with Crippen molar-refractivity contribution in [2.75, 3.05) is 29.9 Å². The zero-order chi connectivity index (χ0) is 21.3. The van der Waals surface area contributed by atoms with Crippen LogP contribution in [0.25, 0.3) is 0 Å². The number of amides is 2. The molecule has 0 saturated carbocycles. The van der Waals surface area contributed by atoms with Crippen molar-refractivity contribution < 1.29 is 19.2 Å². The topological polar surface area (TPSA) is 108 Å². The van der Waals surface area contributed by atoms with Gasteiger partial charge >= 0.3 is 0 Å². The summed E-state index contributed by atoms with van der Waals surface area (Å²) in [6.45, 7) is 4.93. The number of carbonyl (C=O) groups excluding carboxylic acids is 2. The van der Waals surface area contributed by atoms with Crippen LogP contribution in [0.5, 0.6) is 0 Å². The number of likely N-dealkylation sites (tertiary alicyclic amines) is 1. The molecule has 1 saturated heterocycles. The van der Waals surface area contributed by atoms with Crippen LogP contribution in [0.15, 0.2) is 34.9 Å². The van der Waals surface area contributed by atoms with Crippen molar-refractivity contribution in [2.45, 2.75) is 39.0 Å². The van der Waals surface area contributed by atoms with Gasteiger partial charge < -0.3 is 20.3 Å². The SMILES string of the molecule is Cc1cc(NC(=O)CSCC(=O)NCc2ccc(CN3CCC(O)CC3)cc2)no1. The fourth-order valence-electron chi connectivity index (χ4n) is 3.19. The van der Waals surface area contributed by atoms with Gasteiger partial charge in [0.25, 0.3) is 0 Å². The maximum absolute atomic E-state index is 12.0. The molecule has 2 amide bonds. The van der Waals surface area contributed by atoms with Gasteiger partial charge in [-0.05, 0) is 30.9 Å². The number of piperidine rings is 1. The summed E-state index contributed by atoms with van der Waals surface area (Å²) >= 11 is 1.25. The number of nitrogens with zero attached hydrogens (tertiary/aromatic N) is 2. The Labute approximate surface area is 180 Å². The van der Waals surface area contributed by atoms with Crippen molar-refractivity contribution in [2.24, 2.45) is 0 Å². The number of aromatic nitrogens is 1. The van der Waals surface area contributed by atoms with Crippen LogP contribution in [0.4, 0.5) is 5.82 Å². The molecule has 9 heteroatoms. The van der Waals surface area contributed by atoms with Crippen molar-refractivity contribution in [3.05, 3.63) is 47.2 Å². The van der Waals surface area contributed by atoms with E-state index >= 15 is 0 Å². The lowest BCUT2D eigenvalue weighted by molar-refractivity contribution is -0.118. The molecule has 0 aliphatic carbocycles. The molecule has 2 heterocycles. The third kappa shape index (κ3) is 7.47. The Morgan fingerprint density at radius 2 is 1.83 bits per heavy atom. The smallest absolute Gasteiger partial charge is 0.235 e. The molecule has 0 unspecified atom stereocenters. The van der Waals surface area contributed by atoms with Gasteiger partial charge in [-0.2, -0.15) is 0 Å². The summed E-state index contributed by atoms with van der Waals surface area (Å²) in [6, 6.07) is 9.84. The number of carbonyl (C=O) groups is 2. The van der Waals surface area contributed by atoms with Crippen molar-refractivity contribution in [3.8, 4) is 0 Å². The molecule has 1 aliphatic rings. The average molecular weight is 433 g/mol. The number of anilines is 1. The number of rotatable bonds is 9. The molecule has 0 spiro atoms. The number of hydrogen-bond acceptors (Lipinski definition) is 7. The maximum atomic E-state index is 12.0. The minimum Gasteiger partial charge on any atom is -0.393 e. The first kappa shape index (κ1) is 22.3. The first-order valence-corrected chi connectivity index (χ1v) is 11.2. The maximum Gasteiger partial charge on any atom is 0.235 e. The van der Waals surface area contributed by atoms with E-state index in [4.69, 9.17) is 4.52 Å². The number of aliphatic hydroxyl groups is 1. The molecule has 30 heavy (non-hydrogen) atoms. The van der Waals surface area contributed by atoms with Gasteiger partial charge in [-0.3, -0.25) is 14.5 Å². The fraction of sp³-hybridized carbons (Fsp3) is 0.476. The number of aliphatic hydroxyl groups excluding tert-OH is 1. The van der Waals surface area contributed by atoms with Crippen LogP contribution in [-0.2, 0) is 22.7 Å². The highest BCUT2D eigenvalue weighted by Crippen LogP contribution is 2.14. The van der Waals surface area contributed by atoms with Crippen LogP contribution < -0.4 is 10.6 Å². The molecule has 8 nitrogen and oxygen atoms in total. The molecule has 1 aromatic heterocycles. The van der Waals surface area contributed by atoms with Gasteiger partial charge in [0.15, 0.2) is 5.82 Å². The Morgan fingerprint density at radius 3 is 2.50 bits per heavy atom. The Kier molecular flexibility index (Phi) is 8.30. The lowest BCUT2D eigenvalue weighted by atomic mass is 10.1. The molecule has 0 radical (unpaired) electrons. The molecule has 2 aromatic rings. The van der Waals surface area contributed by atoms with E-state index in [-0.39, 0.29) is 29.4 Å². The number of thioether (sulfide) groups is 1. The second-order valence-electron chi connectivity index (χ2n) is 7.46. The van der Waals surface area contributed by atoms with Gasteiger partial charge in [0.1, 0.15) is 5.76 Å². The molecule has 162 valence electrons. The predicted octanol–water partition coefficient (Wildman–Crippen LogP) is 1.93. The Balaban J connectivity index is 1.31. The lowest BCUT2D eigenvalue weighted by Crippen LogP contribution is -2.35. The summed E-state index contributed by atoms with van der Waals surface area (Å²) in [5.41, 5.74) is 2.26. The minimum absolute atomic E-state index is 0.110. The van der Waals surface area contributed by atoms with E-state index < -0.39 is 0 Å². The minimum atomic E-state index is -0.222. The van der Waals surface area contributed by atoms with Crippen LogP contribution >= 0.6 is 11.8 Å². The van der Waals surface area contributed by atoms with Crippen LogP contribution in [0.1, 0.15) is 29.7 Å². The zero-order valence-corrected chi connectivity index (χ0v) is 17.9. The van der Waals surface area contributed by atoms with Crippen molar-refractivity contribution in [3.63, 3.8) is 0 Å². The van der Waals surface area contributed by atoms with Crippen LogP contribution in [-0.4, -0.2) is 57.7 Å². The monoisotopic (exact) mass is 432 g/mol. The Morgan fingerprint density at radius 1 is 1.17 bits per heavy atom. The third-order valence-electron chi connectivity index (χ3n) is 4.84. The molecule has 3 N–H and O–H groups in total. The van der Waals surface area contributed by atoms with E-state index in [2.05, 4.69) is 32.8 Å². The Hall–Kier alpha value is -2.36. The van der Waals surface area contributed by atoms with E-state index in [0.29, 0.717) is 18.1 Å². The third-order valence-corrected chi connectivity index (χ3v) is 5.77. The lowest BCUT2D eigenvalue weighted by Gasteiger charge is -2.29. The van der Waals surface area contributed by atoms with Crippen LogP contribution in [0.2, 0.25) is 0 Å². The standard InChI is InChI=1S/C21H28N4O4S/c1-15-10-19(24-29-15)23-21(28)14-30-13-20(27)22-11-16-2-4-17(5-3-16)12-25-8-6-18(26)7-9-25/h2-5,10,18,26H,6-9,11-14H2,1H3,(H,22,27)(H,23,24,28). The molecular formula is C21H28N4O4S. The Bertz CT molecular complexity index is 832. The van der Waals surface area contributed by atoms with Crippen LogP contribution in [0, 0.1) is 6.92 Å². The van der Waals surface area contributed by atoms with Gasteiger partial charge in [-0.15, -0.1) is 11.8 Å². The van der Waals surface area contributed by atoms with Gasteiger partial charge in [-0.1, -0.05) is 29.4 Å². The summed E-state index contributed by atoms with van der Waals surface area (Å²) in [6.07, 6.45) is 1.52. The van der Waals surface area contributed by atoms with Crippen molar-refractivity contribution in [1.29, 1.82) is 0 Å². The number of benzene rings is 1. The molecular weight excluding hydrogens is 404 g/mol. The molecule has 0 atom stereocenters. The predicted molar refractivity (Wildman–Crippen MR) is 116 cm³/mol. The normalized spacial score (nSPS) is 15.1. The van der Waals surface area contributed by atoms with Gasteiger partial charge in [-0.25, -0.2) is 0 Å². The second kappa shape index (κ2) is 11.1. The average Bonchev–Trinajstić information content (AvgIpc) is 3.13. The summed E-state index contributed by atoms with van der Waals surface area (Å²) in [7, 11) is 0. The molecule has 1 fully saturated rings. The quantitative estimate of drug-likeness (QED) is 0.556. The van der Waals surface area contributed by atoms with E-state index in [1.54, 1.807) is 13.0 Å². The van der Waals surface area contributed by atoms with Gasteiger partial charge in [0.05, 0.1) is 17.6 Å². The summed E-state index contributed by atoms with van der Waals surface area (Å²) in [5, 5.41) is 18.8. The summed E-state index contributed by atoms with van der Waals surface area (Å²) < 4.78 is 4.88. The number of aryl methyl sites for hydroxylation is 1. The van der Waals surface area contributed by atoms with E-state index in [1.165, 1.54) is 17.3 Å². The van der Waals surface area contributed by atoms with E-state index in [1.807, 2.05) is 12.1 Å². The largest absolute Gasteiger partial charge is 0.393 e. The van der Waals surface area contributed by atoms with Crippen LogP contribution in [0.3, 0.4) is 0 Å². The fourth-order valence-corrected chi connectivity index (χ4v) is 3.84. The summed E-state index contributed by atoms with van der Waals surface area (Å²) in [5.74, 6) is 1.05. The first-order chi connectivity index (χ1) is 14.5. The second-order valence-corrected chi connectivity index (χ2v) is 8.45. The van der Waals surface area contributed by atoms with Gasteiger partial charge in [0.2, 0.25) is 11.8 Å². The van der Waals surface area contributed by atoms with Crippen molar-refractivity contribution >= 4 is 29.4 Å². The highest BCUT2D eigenvalue weighted by Gasteiger charge is 2.16. The molecule has 1 aliphatic heterocycles. The number of hydrogen-bond donors (Lipinski definition) is 3. The van der Waals surface area contributed by atoms with E-state index in [0.717, 1.165) is 38.0 Å². The first-order valence-electron chi connectivity index (χ1n) is 10.0. The highest BCUT2D eigenvalue weighted by molar-refractivity contribution is 8.00. The zero-order valence-electron chi connectivity index (χ0n) is 17.1. The highest BCUT2D eigenvalue weighted by atomic mass is 32.2. The van der Waals surface area contributed by atoms with E-state index in [9.17, 15) is 14.7 Å². The van der Waals surface area contributed by atoms with Gasteiger partial charge in [0, 0.05) is 32.2 Å². The number of nitrogens with one attached hydrogen (secondary N) is 2. The summed E-state index contributed by atoms with van der Waals surface area (Å²) in [4.78, 5) is 26.2. The molecule has 3 rings (SSSR count). The van der Waals surface area contributed by atoms with Crippen molar-refractivity contribution in [1.82, 2.24) is 15.4 Å².